The van der Waals surface area contributed by atoms with Gasteiger partial charge >= 0.3 is 0 Å². The first-order valence-electron chi connectivity index (χ1n) is 5.78. The summed E-state index contributed by atoms with van der Waals surface area (Å²) in [5.41, 5.74) is 1.18. The largest absolute Gasteiger partial charge is 0.290 e. The summed E-state index contributed by atoms with van der Waals surface area (Å²) >= 11 is 0. The summed E-state index contributed by atoms with van der Waals surface area (Å²) in [7, 11) is 0. The van der Waals surface area contributed by atoms with Crippen LogP contribution in [-0.4, -0.2) is 12.3 Å². The van der Waals surface area contributed by atoms with Crippen LogP contribution >= 0.6 is 0 Å². The Labute approximate surface area is 94.3 Å². The second-order valence-corrected chi connectivity index (χ2v) is 3.64. The molecule has 1 atom stereocenters. The Morgan fingerprint density at radius 3 is 2.53 bits per heavy atom. The molecule has 1 aliphatic carbocycles. The van der Waals surface area contributed by atoms with Crippen molar-refractivity contribution >= 4 is 6.21 Å². The van der Waals surface area contributed by atoms with Crippen molar-refractivity contribution in [3.8, 4) is 0 Å². The lowest BCUT2D eigenvalue weighted by atomic mass is 10.1. The van der Waals surface area contributed by atoms with E-state index in [0.29, 0.717) is 12.0 Å². The number of hydrogen-bond acceptors (Lipinski definition) is 1. The first-order valence-corrected chi connectivity index (χ1v) is 5.78. The molecule has 0 spiro atoms. The van der Waals surface area contributed by atoms with Crippen molar-refractivity contribution in [1.29, 1.82) is 0 Å². The van der Waals surface area contributed by atoms with Crippen LogP contribution in [0.2, 0.25) is 0 Å². The van der Waals surface area contributed by atoms with Crippen LogP contribution in [0.15, 0.2) is 40.9 Å². The third-order valence-corrected chi connectivity index (χ3v) is 1.82. The molecule has 1 rings (SSSR count). The maximum absolute atomic E-state index is 4.34. The summed E-state index contributed by atoms with van der Waals surface area (Å²) in [6.07, 6.45) is 12.6. The molecule has 15 heavy (non-hydrogen) atoms. The van der Waals surface area contributed by atoms with Gasteiger partial charge in [0.1, 0.15) is 0 Å². The molecule has 1 heteroatoms. The topological polar surface area (TPSA) is 12.4 Å². The molecule has 0 aliphatic heterocycles. The number of hydrogen-bond donors (Lipinski definition) is 0. The second kappa shape index (κ2) is 8.22. The minimum absolute atomic E-state index is 0.374. The summed E-state index contributed by atoms with van der Waals surface area (Å²) in [5, 5.41) is 0. The van der Waals surface area contributed by atoms with Gasteiger partial charge < -0.3 is 0 Å². The van der Waals surface area contributed by atoms with Crippen LogP contribution in [-0.2, 0) is 0 Å². The van der Waals surface area contributed by atoms with E-state index in [0.717, 1.165) is 0 Å². The van der Waals surface area contributed by atoms with E-state index in [-0.39, 0.29) is 0 Å². The highest BCUT2D eigenvalue weighted by atomic mass is 14.7. The van der Waals surface area contributed by atoms with Gasteiger partial charge in [-0.2, -0.15) is 0 Å². The zero-order valence-corrected chi connectivity index (χ0v) is 10.6. The van der Waals surface area contributed by atoms with Crippen LogP contribution in [0, 0.1) is 5.92 Å². The predicted octanol–water partition coefficient (Wildman–Crippen LogP) is 4.18. The molecule has 0 aromatic rings. The quantitative estimate of drug-likeness (QED) is 0.600. The highest BCUT2D eigenvalue weighted by molar-refractivity contribution is 5.83. The Morgan fingerprint density at radius 1 is 1.27 bits per heavy atom. The van der Waals surface area contributed by atoms with Crippen LogP contribution in [0.1, 0.15) is 34.6 Å². The molecule has 0 bridgehead atoms. The van der Waals surface area contributed by atoms with Crippen LogP contribution in [0.4, 0.5) is 0 Å². The minimum Gasteiger partial charge on any atom is -0.290 e. The summed E-state index contributed by atoms with van der Waals surface area (Å²) in [5.74, 6) is 0.529. The van der Waals surface area contributed by atoms with Crippen molar-refractivity contribution in [2.75, 3.05) is 0 Å². The Hall–Kier alpha value is -1.11. The third-order valence-electron chi connectivity index (χ3n) is 1.82. The van der Waals surface area contributed by atoms with E-state index in [1.807, 2.05) is 20.1 Å². The molecule has 0 aromatic carbocycles. The molecule has 0 radical (unpaired) electrons. The minimum atomic E-state index is 0.374. The molecule has 0 aromatic heterocycles. The molecule has 1 nitrogen and oxygen atoms in total. The number of aliphatic imine (C=N–C) groups is 1. The summed E-state index contributed by atoms with van der Waals surface area (Å²) < 4.78 is 0. The molecule has 0 saturated carbocycles. The first kappa shape index (κ1) is 13.9. The van der Waals surface area contributed by atoms with Crippen LogP contribution < -0.4 is 0 Å². The van der Waals surface area contributed by atoms with Crippen molar-refractivity contribution in [3.63, 3.8) is 0 Å². The maximum atomic E-state index is 4.34. The maximum Gasteiger partial charge on any atom is 0.0443 e. The van der Waals surface area contributed by atoms with Crippen LogP contribution in [0.3, 0.4) is 0 Å². The van der Waals surface area contributed by atoms with Crippen molar-refractivity contribution in [2.24, 2.45) is 10.9 Å². The predicted molar refractivity (Wildman–Crippen MR) is 70.5 cm³/mol. The van der Waals surface area contributed by atoms with Gasteiger partial charge in [-0.05, 0) is 25.3 Å². The van der Waals surface area contributed by atoms with Gasteiger partial charge in [0.25, 0.3) is 0 Å². The van der Waals surface area contributed by atoms with Gasteiger partial charge in [-0.25, -0.2) is 0 Å². The standard InChI is InChI=1S/C12H17N.C2H6/c1-10(2)13-9-12-6-4-5-11(3)7-8-12;1-2/h4-11H,1-3H3;1-2H3. The fourth-order valence-electron chi connectivity index (χ4n) is 1.05. The van der Waals surface area contributed by atoms with E-state index >= 15 is 0 Å². The van der Waals surface area contributed by atoms with Gasteiger partial charge in [-0.1, -0.05) is 51.2 Å². The molecule has 0 heterocycles. The lowest BCUT2D eigenvalue weighted by molar-refractivity contribution is 0.841. The summed E-state index contributed by atoms with van der Waals surface area (Å²) in [4.78, 5) is 4.34. The smallest absolute Gasteiger partial charge is 0.0443 e. The molecular weight excluding hydrogens is 182 g/mol. The molecule has 0 amide bonds. The lowest BCUT2D eigenvalue weighted by Crippen LogP contribution is -1.90. The molecule has 1 unspecified atom stereocenters. The SMILES string of the molecule is CC.CC1C=CC=C(C=NC(C)C)C=C1. The van der Waals surface area contributed by atoms with Gasteiger partial charge in [-0.3, -0.25) is 4.99 Å². The summed E-state index contributed by atoms with van der Waals surface area (Å²) in [6.45, 7) is 10.3. The van der Waals surface area contributed by atoms with Crippen LogP contribution in [0.25, 0.3) is 0 Å². The van der Waals surface area contributed by atoms with Crippen molar-refractivity contribution in [2.45, 2.75) is 40.7 Å². The van der Waals surface area contributed by atoms with Gasteiger partial charge in [0, 0.05) is 12.3 Å². The van der Waals surface area contributed by atoms with Gasteiger partial charge in [0.15, 0.2) is 0 Å². The van der Waals surface area contributed by atoms with E-state index in [1.165, 1.54) is 5.57 Å². The van der Waals surface area contributed by atoms with Crippen molar-refractivity contribution in [1.82, 2.24) is 0 Å². The third kappa shape index (κ3) is 6.89. The molecule has 0 N–H and O–H groups in total. The van der Waals surface area contributed by atoms with E-state index in [1.54, 1.807) is 0 Å². The highest BCUT2D eigenvalue weighted by Gasteiger charge is 1.94. The molecule has 0 saturated heterocycles. The van der Waals surface area contributed by atoms with Gasteiger partial charge in [0.05, 0.1) is 0 Å². The fraction of sp³-hybridized carbons (Fsp3) is 0.500. The fourth-order valence-corrected chi connectivity index (χ4v) is 1.05. The number of rotatable bonds is 2. The Kier molecular flexibility index (Phi) is 7.61. The van der Waals surface area contributed by atoms with E-state index in [4.69, 9.17) is 0 Å². The van der Waals surface area contributed by atoms with Crippen molar-refractivity contribution in [3.05, 3.63) is 36.0 Å². The number of allylic oxidation sites excluding steroid dienone is 6. The molecule has 1 aliphatic rings. The van der Waals surface area contributed by atoms with E-state index < -0.39 is 0 Å². The Balaban J connectivity index is 0.000000921. The number of nitrogens with zero attached hydrogens (tertiary/aromatic N) is 1. The Morgan fingerprint density at radius 2 is 1.93 bits per heavy atom. The normalized spacial score (nSPS) is 19.9. The first-order chi connectivity index (χ1) is 7.18. The Bertz CT molecular complexity index is 267. The second-order valence-electron chi connectivity index (χ2n) is 3.64. The molecule has 0 fully saturated rings. The van der Waals surface area contributed by atoms with Gasteiger partial charge in [-0.15, -0.1) is 0 Å². The van der Waals surface area contributed by atoms with Gasteiger partial charge in [0.2, 0.25) is 0 Å². The van der Waals surface area contributed by atoms with Crippen molar-refractivity contribution < 1.29 is 0 Å². The molecular formula is C14H23N. The lowest BCUT2D eigenvalue weighted by Gasteiger charge is -1.95. The highest BCUT2D eigenvalue weighted by Crippen LogP contribution is 2.08. The zero-order valence-electron chi connectivity index (χ0n) is 10.6. The van der Waals surface area contributed by atoms with E-state index in [2.05, 4.69) is 56.1 Å². The van der Waals surface area contributed by atoms with Crippen LogP contribution in [0.5, 0.6) is 0 Å². The summed E-state index contributed by atoms with van der Waals surface area (Å²) in [6, 6.07) is 0.374. The zero-order chi connectivity index (χ0) is 11.7. The average Bonchev–Trinajstić information content (AvgIpc) is 2.43. The average molecular weight is 205 g/mol. The van der Waals surface area contributed by atoms with E-state index in [9.17, 15) is 0 Å². The monoisotopic (exact) mass is 205 g/mol. The molecule has 84 valence electrons.